The van der Waals surface area contributed by atoms with Crippen molar-refractivity contribution in [3.63, 3.8) is 0 Å². The molecule has 2 aromatic heterocycles. The average molecular weight is 241 g/mol. The normalized spacial score (nSPS) is 10.5. The maximum atomic E-state index is 11.3. The highest BCUT2D eigenvalue weighted by atomic mass is 79.9. The first kappa shape index (κ1) is 8.25. The van der Waals surface area contributed by atoms with Crippen LogP contribution in [0.15, 0.2) is 33.8 Å². The van der Waals surface area contributed by atoms with Crippen molar-refractivity contribution < 1.29 is 5.11 Å². The summed E-state index contributed by atoms with van der Waals surface area (Å²) in [6.45, 7) is 0. The molecule has 1 N–H and O–H groups in total. The first-order chi connectivity index (χ1) is 6.18. The number of hydrogen-bond acceptors (Lipinski definition) is 3. The highest BCUT2D eigenvalue weighted by molar-refractivity contribution is 9.10. The second-order valence-corrected chi connectivity index (χ2v) is 3.44. The fraction of sp³-hybridized carbons (Fsp3) is 0. The molecule has 0 bridgehead atoms. The van der Waals surface area contributed by atoms with Gasteiger partial charge < -0.3 is 5.11 Å². The van der Waals surface area contributed by atoms with Gasteiger partial charge in [-0.3, -0.25) is 9.20 Å². The first-order valence-corrected chi connectivity index (χ1v) is 4.33. The Labute approximate surface area is 81.6 Å². The zero-order valence-electron chi connectivity index (χ0n) is 6.44. The second kappa shape index (κ2) is 2.85. The van der Waals surface area contributed by atoms with E-state index in [0.717, 1.165) is 10.7 Å². The molecule has 4 nitrogen and oxygen atoms in total. The third kappa shape index (κ3) is 1.31. The molecule has 2 aromatic rings. The van der Waals surface area contributed by atoms with E-state index in [0.29, 0.717) is 5.65 Å². The van der Waals surface area contributed by atoms with Gasteiger partial charge in [0, 0.05) is 10.7 Å². The minimum absolute atomic E-state index is 0.351. The van der Waals surface area contributed by atoms with Gasteiger partial charge in [-0.2, -0.15) is 0 Å². The molecule has 0 amide bonds. The van der Waals surface area contributed by atoms with Gasteiger partial charge in [-0.15, -0.1) is 0 Å². The molecule has 0 atom stereocenters. The molecule has 2 rings (SSSR count). The van der Waals surface area contributed by atoms with Gasteiger partial charge in [0.1, 0.15) is 5.65 Å². The predicted octanol–water partition coefficient (Wildman–Crippen LogP) is 1.16. The number of fused-ring (bicyclic) bond motifs is 1. The lowest BCUT2D eigenvalue weighted by atomic mass is 10.4. The van der Waals surface area contributed by atoms with Crippen molar-refractivity contribution in [1.29, 1.82) is 0 Å². The molecule has 0 saturated heterocycles. The van der Waals surface area contributed by atoms with Gasteiger partial charge in [-0.1, -0.05) is 0 Å². The standard InChI is InChI=1S/C8H5BrN2O2/c9-5-1-2-7-10-3-6(12)8(13)11(7)4-5/h1-4,12H. The van der Waals surface area contributed by atoms with Gasteiger partial charge in [0.2, 0.25) is 5.75 Å². The van der Waals surface area contributed by atoms with E-state index >= 15 is 0 Å². The number of halogens is 1. The zero-order valence-corrected chi connectivity index (χ0v) is 8.02. The Bertz CT molecular complexity index is 516. The van der Waals surface area contributed by atoms with E-state index in [1.54, 1.807) is 18.3 Å². The van der Waals surface area contributed by atoms with Crippen molar-refractivity contribution in [2.24, 2.45) is 0 Å². The summed E-state index contributed by atoms with van der Waals surface area (Å²) < 4.78 is 2.04. The first-order valence-electron chi connectivity index (χ1n) is 3.54. The lowest BCUT2D eigenvalue weighted by molar-refractivity contribution is 0.462. The largest absolute Gasteiger partial charge is 0.502 e. The number of nitrogens with zero attached hydrogens (tertiary/aromatic N) is 2. The van der Waals surface area contributed by atoms with Gasteiger partial charge in [0.05, 0.1) is 6.20 Å². The van der Waals surface area contributed by atoms with Crippen molar-refractivity contribution in [2.75, 3.05) is 0 Å². The summed E-state index contributed by atoms with van der Waals surface area (Å²) in [6, 6.07) is 3.46. The van der Waals surface area contributed by atoms with E-state index < -0.39 is 5.56 Å². The molecule has 0 radical (unpaired) electrons. The molecule has 0 unspecified atom stereocenters. The minimum atomic E-state index is -0.466. The van der Waals surface area contributed by atoms with E-state index in [4.69, 9.17) is 5.11 Å². The van der Waals surface area contributed by atoms with Crippen molar-refractivity contribution in [3.05, 3.63) is 39.4 Å². The Balaban J connectivity index is 2.97. The summed E-state index contributed by atoms with van der Waals surface area (Å²) in [5.74, 6) is -0.351. The van der Waals surface area contributed by atoms with Crippen LogP contribution in [0.2, 0.25) is 0 Å². The van der Waals surface area contributed by atoms with Crippen LogP contribution < -0.4 is 5.56 Å². The van der Waals surface area contributed by atoms with Crippen LogP contribution in [0.1, 0.15) is 0 Å². The molecule has 2 heterocycles. The Morgan fingerprint density at radius 2 is 2.23 bits per heavy atom. The molecule has 5 heteroatoms. The van der Waals surface area contributed by atoms with Crippen molar-refractivity contribution >= 4 is 21.6 Å². The molecule has 0 spiro atoms. The van der Waals surface area contributed by atoms with Crippen LogP contribution in [0, 0.1) is 0 Å². The molecule has 66 valence electrons. The lowest BCUT2D eigenvalue weighted by Gasteiger charge is -1.99. The Morgan fingerprint density at radius 3 is 3.00 bits per heavy atom. The van der Waals surface area contributed by atoms with E-state index in [1.165, 1.54) is 4.40 Å². The van der Waals surface area contributed by atoms with Gasteiger partial charge >= 0.3 is 0 Å². The summed E-state index contributed by atoms with van der Waals surface area (Å²) in [4.78, 5) is 15.2. The van der Waals surface area contributed by atoms with E-state index in [2.05, 4.69) is 20.9 Å². The van der Waals surface area contributed by atoms with Crippen molar-refractivity contribution in [2.45, 2.75) is 0 Å². The number of pyridine rings is 1. The number of aromatic nitrogens is 2. The van der Waals surface area contributed by atoms with Crippen LogP contribution in [0.3, 0.4) is 0 Å². The average Bonchev–Trinajstić information content (AvgIpc) is 2.12. The highest BCUT2D eigenvalue weighted by Crippen LogP contribution is 2.09. The molecule has 13 heavy (non-hydrogen) atoms. The topological polar surface area (TPSA) is 54.6 Å². The second-order valence-electron chi connectivity index (χ2n) is 2.52. The minimum Gasteiger partial charge on any atom is -0.502 e. The van der Waals surface area contributed by atoms with Crippen LogP contribution >= 0.6 is 15.9 Å². The van der Waals surface area contributed by atoms with E-state index in [1.807, 2.05) is 0 Å². The summed E-state index contributed by atoms with van der Waals surface area (Å²) in [5.41, 5.74) is 0.0392. The summed E-state index contributed by atoms with van der Waals surface area (Å²) in [6.07, 6.45) is 2.70. The third-order valence-electron chi connectivity index (χ3n) is 1.65. The fourth-order valence-corrected chi connectivity index (χ4v) is 1.38. The molecule has 0 saturated carbocycles. The predicted molar refractivity (Wildman–Crippen MR) is 50.8 cm³/mol. The van der Waals surface area contributed by atoms with Crippen LogP contribution in [-0.4, -0.2) is 14.5 Å². The molecular formula is C8H5BrN2O2. The van der Waals surface area contributed by atoms with Crippen molar-refractivity contribution in [1.82, 2.24) is 9.38 Å². The SMILES string of the molecule is O=c1c(O)cnc2ccc(Br)cn12. The van der Waals surface area contributed by atoms with E-state index in [-0.39, 0.29) is 5.75 Å². The monoisotopic (exact) mass is 240 g/mol. The van der Waals surface area contributed by atoms with Gasteiger partial charge in [0.15, 0.2) is 0 Å². The summed E-state index contributed by atoms with van der Waals surface area (Å²) in [7, 11) is 0. The molecular weight excluding hydrogens is 236 g/mol. The van der Waals surface area contributed by atoms with Crippen molar-refractivity contribution in [3.8, 4) is 5.75 Å². The molecule has 0 aliphatic rings. The van der Waals surface area contributed by atoms with Gasteiger partial charge in [-0.05, 0) is 28.1 Å². The quantitative estimate of drug-likeness (QED) is 0.752. The molecule has 0 aliphatic heterocycles. The number of rotatable bonds is 0. The fourth-order valence-electron chi connectivity index (χ4n) is 1.04. The van der Waals surface area contributed by atoms with E-state index in [9.17, 15) is 4.79 Å². The summed E-state index contributed by atoms with van der Waals surface area (Å²) in [5, 5.41) is 9.10. The Kier molecular flexibility index (Phi) is 1.81. The smallest absolute Gasteiger partial charge is 0.300 e. The molecule has 0 fully saturated rings. The molecule has 0 aromatic carbocycles. The number of aromatic hydroxyl groups is 1. The number of hydrogen-bond donors (Lipinski definition) is 1. The summed E-state index contributed by atoms with van der Waals surface area (Å²) >= 11 is 3.22. The third-order valence-corrected chi connectivity index (χ3v) is 2.12. The maximum absolute atomic E-state index is 11.3. The Morgan fingerprint density at radius 1 is 1.46 bits per heavy atom. The van der Waals surface area contributed by atoms with Crippen LogP contribution in [-0.2, 0) is 0 Å². The maximum Gasteiger partial charge on any atom is 0.300 e. The highest BCUT2D eigenvalue weighted by Gasteiger charge is 2.01. The lowest BCUT2D eigenvalue weighted by Crippen LogP contribution is -2.13. The van der Waals surface area contributed by atoms with Crippen LogP contribution in [0.25, 0.3) is 5.65 Å². The molecule has 0 aliphatic carbocycles. The Hall–Kier alpha value is -1.36. The van der Waals surface area contributed by atoms with Crippen LogP contribution in [0.4, 0.5) is 0 Å². The van der Waals surface area contributed by atoms with Gasteiger partial charge in [-0.25, -0.2) is 4.98 Å². The van der Waals surface area contributed by atoms with Crippen LogP contribution in [0.5, 0.6) is 5.75 Å². The van der Waals surface area contributed by atoms with Gasteiger partial charge in [0.25, 0.3) is 5.56 Å². The zero-order chi connectivity index (χ0) is 9.42.